The van der Waals surface area contributed by atoms with Gasteiger partial charge in [0.05, 0.1) is 21.5 Å². The molecule has 20 heavy (non-hydrogen) atoms. The van der Waals surface area contributed by atoms with E-state index in [0.717, 1.165) is 30.4 Å². The summed E-state index contributed by atoms with van der Waals surface area (Å²) in [5, 5.41) is 27.2. The van der Waals surface area contributed by atoms with Crippen molar-refractivity contribution in [2.45, 2.75) is 28.8 Å². The van der Waals surface area contributed by atoms with Gasteiger partial charge in [-0.05, 0) is 36.7 Å². The van der Waals surface area contributed by atoms with Gasteiger partial charge in [-0.15, -0.1) is 5.10 Å². The van der Waals surface area contributed by atoms with Gasteiger partial charge < -0.3 is 0 Å². The number of hydrogen-bond acceptors (Lipinski definition) is 6. The molecule has 0 aliphatic heterocycles. The second-order valence-electron chi connectivity index (χ2n) is 4.43. The van der Waals surface area contributed by atoms with Crippen molar-refractivity contribution in [1.82, 2.24) is 15.2 Å². The quantitative estimate of drug-likeness (QED) is 0.683. The van der Waals surface area contributed by atoms with Gasteiger partial charge >= 0.3 is 0 Å². The van der Waals surface area contributed by atoms with Gasteiger partial charge in [-0.1, -0.05) is 0 Å². The fraction of sp³-hybridized carbons (Fsp3) is 0.250. The largest absolute Gasteiger partial charge is 0.283 e. The molecule has 1 saturated carbocycles. The van der Waals surface area contributed by atoms with Gasteiger partial charge in [0.15, 0.2) is 0 Å². The Labute approximate surface area is 118 Å². The molecule has 0 amide bonds. The molecule has 0 bridgehead atoms. The third kappa shape index (κ3) is 2.48. The van der Waals surface area contributed by atoms with Crippen molar-refractivity contribution < 1.29 is 4.92 Å². The van der Waals surface area contributed by atoms with Crippen LogP contribution in [-0.2, 0) is 0 Å². The summed E-state index contributed by atoms with van der Waals surface area (Å²) in [6.07, 6.45) is 2.20. The van der Waals surface area contributed by atoms with Gasteiger partial charge in [0.2, 0.25) is 5.16 Å². The van der Waals surface area contributed by atoms with Gasteiger partial charge in [-0.25, -0.2) is 4.98 Å². The Bertz CT molecular complexity index is 717. The number of H-pyrrole nitrogens is 1. The summed E-state index contributed by atoms with van der Waals surface area (Å²) >= 11 is 1.09. The van der Waals surface area contributed by atoms with E-state index in [1.165, 1.54) is 18.2 Å². The average molecular weight is 287 g/mol. The number of nitro benzene ring substituents is 1. The minimum Gasteiger partial charge on any atom is -0.262 e. The second-order valence-corrected chi connectivity index (χ2v) is 5.44. The highest BCUT2D eigenvalue weighted by Gasteiger charge is 2.27. The lowest BCUT2D eigenvalue weighted by Gasteiger charge is -2.00. The number of benzene rings is 1. The molecular weight excluding hydrogens is 278 g/mol. The van der Waals surface area contributed by atoms with Gasteiger partial charge in [0, 0.05) is 12.0 Å². The van der Waals surface area contributed by atoms with Crippen molar-refractivity contribution in [3.05, 3.63) is 39.7 Å². The van der Waals surface area contributed by atoms with Crippen LogP contribution in [0.5, 0.6) is 0 Å². The van der Waals surface area contributed by atoms with Crippen LogP contribution < -0.4 is 0 Å². The smallest absolute Gasteiger partial charge is 0.262 e. The number of nitro groups is 1. The van der Waals surface area contributed by atoms with Crippen molar-refractivity contribution in [2.75, 3.05) is 0 Å². The lowest BCUT2D eigenvalue weighted by Crippen LogP contribution is -1.92. The summed E-state index contributed by atoms with van der Waals surface area (Å²) in [7, 11) is 0. The maximum absolute atomic E-state index is 11.0. The molecule has 8 heteroatoms. The van der Waals surface area contributed by atoms with Crippen molar-refractivity contribution in [1.29, 1.82) is 5.26 Å². The van der Waals surface area contributed by atoms with Crippen molar-refractivity contribution in [3.8, 4) is 6.07 Å². The van der Waals surface area contributed by atoms with Crippen LogP contribution in [0.25, 0.3) is 0 Å². The zero-order valence-electron chi connectivity index (χ0n) is 10.2. The number of rotatable bonds is 4. The highest BCUT2D eigenvalue weighted by atomic mass is 32.2. The molecular formula is C12H9N5O2S. The number of nitrogens with zero attached hydrogens (tertiary/aromatic N) is 4. The van der Waals surface area contributed by atoms with Gasteiger partial charge in [0.25, 0.3) is 5.69 Å². The normalized spacial score (nSPS) is 13.9. The highest BCUT2D eigenvalue weighted by molar-refractivity contribution is 7.99. The Kier molecular flexibility index (Phi) is 3.12. The summed E-state index contributed by atoms with van der Waals surface area (Å²) in [5.74, 6) is 1.27. The third-order valence-corrected chi connectivity index (χ3v) is 3.85. The maximum Gasteiger partial charge on any atom is 0.283 e. The standard InChI is InChI=1S/C12H9N5O2S/c13-6-7-1-4-9(17(18)19)10(5-7)20-12-14-11(15-16-12)8-2-3-8/h1,4-5,8H,2-3H2,(H,14,15,16). The molecule has 1 aromatic heterocycles. The summed E-state index contributed by atoms with van der Waals surface area (Å²) in [6, 6.07) is 6.21. The SMILES string of the molecule is N#Cc1ccc([N+](=O)[O-])c(Sc2n[nH]c(C3CC3)n2)c1. The van der Waals surface area contributed by atoms with Crippen LogP contribution in [0.3, 0.4) is 0 Å². The molecule has 0 atom stereocenters. The van der Waals surface area contributed by atoms with E-state index in [4.69, 9.17) is 5.26 Å². The molecule has 0 spiro atoms. The van der Waals surface area contributed by atoms with Crippen LogP contribution in [0.15, 0.2) is 28.3 Å². The second kappa shape index (κ2) is 4.94. The fourth-order valence-electron chi connectivity index (χ4n) is 1.76. The van der Waals surface area contributed by atoms with Gasteiger partial charge in [0.1, 0.15) is 5.82 Å². The molecule has 2 aromatic rings. The summed E-state index contributed by atoms with van der Waals surface area (Å²) in [4.78, 5) is 15.2. The van der Waals surface area contributed by atoms with E-state index in [1.807, 2.05) is 6.07 Å². The lowest BCUT2D eigenvalue weighted by atomic mass is 10.2. The van der Waals surface area contributed by atoms with E-state index in [1.54, 1.807) is 0 Å². The molecule has 7 nitrogen and oxygen atoms in total. The number of nitriles is 1. The molecule has 3 rings (SSSR count). The zero-order chi connectivity index (χ0) is 14.1. The van der Waals surface area contributed by atoms with Crippen molar-refractivity contribution in [2.24, 2.45) is 0 Å². The number of aromatic nitrogens is 3. The predicted molar refractivity (Wildman–Crippen MR) is 70.3 cm³/mol. The number of nitrogens with one attached hydrogen (secondary N) is 1. The fourth-order valence-corrected chi connectivity index (χ4v) is 2.62. The van der Waals surface area contributed by atoms with Gasteiger partial charge in [-0.3, -0.25) is 15.2 Å². The molecule has 0 unspecified atom stereocenters. The van der Waals surface area contributed by atoms with E-state index >= 15 is 0 Å². The van der Waals surface area contributed by atoms with E-state index in [9.17, 15) is 10.1 Å². The van der Waals surface area contributed by atoms with Crippen LogP contribution in [0.4, 0.5) is 5.69 Å². The minimum absolute atomic E-state index is 0.0493. The van der Waals surface area contributed by atoms with E-state index in [0.29, 0.717) is 21.5 Å². The van der Waals surface area contributed by atoms with Crippen LogP contribution in [0, 0.1) is 21.4 Å². The minimum atomic E-state index is -0.474. The molecule has 1 aliphatic carbocycles. The van der Waals surface area contributed by atoms with E-state index in [-0.39, 0.29) is 5.69 Å². The highest BCUT2D eigenvalue weighted by Crippen LogP contribution is 2.39. The molecule has 1 fully saturated rings. The van der Waals surface area contributed by atoms with E-state index in [2.05, 4.69) is 15.2 Å². The zero-order valence-corrected chi connectivity index (χ0v) is 11.1. The van der Waals surface area contributed by atoms with Crippen LogP contribution in [0.2, 0.25) is 0 Å². The monoisotopic (exact) mass is 287 g/mol. The lowest BCUT2D eigenvalue weighted by molar-refractivity contribution is -0.387. The molecule has 0 radical (unpaired) electrons. The molecule has 0 saturated heterocycles. The topological polar surface area (TPSA) is 108 Å². The first-order valence-corrected chi connectivity index (χ1v) is 6.77. The Morgan fingerprint density at radius 3 is 2.95 bits per heavy atom. The first-order valence-electron chi connectivity index (χ1n) is 5.96. The van der Waals surface area contributed by atoms with Crippen molar-refractivity contribution in [3.63, 3.8) is 0 Å². The molecule has 1 heterocycles. The Morgan fingerprint density at radius 2 is 2.30 bits per heavy atom. The Hall–Kier alpha value is -2.40. The summed E-state index contributed by atoms with van der Waals surface area (Å²) in [6.45, 7) is 0. The van der Waals surface area contributed by atoms with Crippen LogP contribution >= 0.6 is 11.8 Å². The average Bonchev–Trinajstić information content (AvgIpc) is 3.19. The van der Waals surface area contributed by atoms with Crippen LogP contribution in [0.1, 0.15) is 30.1 Å². The first kappa shape index (κ1) is 12.6. The van der Waals surface area contributed by atoms with Gasteiger partial charge in [-0.2, -0.15) is 5.26 Å². The first-order chi connectivity index (χ1) is 9.67. The molecule has 100 valence electrons. The van der Waals surface area contributed by atoms with Crippen LogP contribution in [-0.4, -0.2) is 20.1 Å². The number of aromatic amines is 1. The summed E-state index contributed by atoms with van der Waals surface area (Å²) < 4.78 is 0. The molecule has 1 N–H and O–H groups in total. The number of hydrogen-bond donors (Lipinski definition) is 1. The van der Waals surface area contributed by atoms with Crippen molar-refractivity contribution >= 4 is 17.4 Å². The predicted octanol–water partition coefficient (Wildman–Crippen LogP) is 2.61. The Morgan fingerprint density at radius 1 is 1.50 bits per heavy atom. The maximum atomic E-state index is 11.0. The third-order valence-electron chi connectivity index (χ3n) is 2.93. The summed E-state index contributed by atoms with van der Waals surface area (Å²) in [5.41, 5.74) is 0.322. The van der Waals surface area contributed by atoms with E-state index < -0.39 is 4.92 Å². The Balaban J connectivity index is 1.91. The molecule has 1 aromatic carbocycles. The molecule has 1 aliphatic rings.